The van der Waals surface area contributed by atoms with Crippen molar-refractivity contribution < 1.29 is 28.3 Å². The third kappa shape index (κ3) is 4.00. The van der Waals surface area contributed by atoms with Crippen molar-refractivity contribution >= 4 is 24.0 Å². The van der Waals surface area contributed by atoms with Crippen molar-refractivity contribution in [3.63, 3.8) is 0 Å². The minimum atomic E-state index is -0.630. The van der Waals surface area contributed by atoms with E-state index in [4.69, 9.17) is 9.15 Å². The monoisotopic (exact) mass is 370 g/mol. The lowest BCUT2D eigenvalue weighted by Crippen LogP contribution is -2.30. The number of amides is 3. The molecule has 1 aromatic heterocycles. The van der Waals surface area contributed by atoms with E-state index >= 15 is 0 Å². The topological polar surface area (TPSA) is 98.1 Å². The Hall–Kier alpha value is -3.55. The molecule has 0 unspecified atom stereocenters. The predicted octanol–water partition coefficient (Wildman–Crippen LogP) is 2.56. The number of imide groups is 1. The van der Waals surface area contributed by atoms with Gasteiger partial charge in [0.2, 0.25) is 5.76 Å². The second-order valence-electron chi connectivity index (χ2n) is 5.64. The van der Waals surface area contributed by atoms with E-state index in [1.54, 1.807) is 30.3 Å². The van der Waals surface area contributed by atoms with E-state index in [1.807, 2.05) is 6.92 Å². The largest absolute Gasteiger partial charge is 0.494 e. The molecule has 1 aliphatic rings. The number of ether oxygens (including phenoxy) is 2. The quantitative estimate of drug-likeness (QED) is 0.477. The lowest BCUT2D eigenvalue weighted by Gasteiger charge is -2.09. The maximum Gasteiger partial charge on any atom is 0.373 e. The lowest BCUT2D eigenvalue weighted by molar-refractivity contribution is -0.123. The maximum atomic E-state index is 12.5. The van der Waals surface area contributed by atoms with Crippen LogP contribution in [0.1, 0.15) is 28.8 Å². The zero-order valence-corrected chi connectivity index (χ0v) is 14.9. The Morgan fingerprint density at radius 2 is 1.93 bits per heavy atom. The molecule has 0 radical (unpaired) electrons. The summed E-state index contributed by atoms with van der Waals surface area (Å²) < 4.78 is 15.2. The number of hydrogen-bond donors (Lipinski definition) is 1. The number of benzene rings is 1. The summed E-state index contributed by atoms with van der Waals surface area (Å²) in [6.45, 7) is 2.36. The van der Waals surface area contributed by atoms with E-state index in [2.05, 4.69) is 10.1 Å². The SMILES string of the molecule is CCOc1ccc(C=C2NC(=O)N(Cc3ccc(C(=O)OC)o3)C2=O)cc1. The first kappa shape index (κ1) is 18.2. The summed E-state index contributed by atoms with van der Waals surface area (Å²) in [7, 11) is 1.24. The van der Waals surface area contributed by atoms with Crippen LogP contribution in [-0.4, -0.2) is 36.5 Å². The van der Waals surface area contributed by atoms with Gasteiger partial charge in [0.1, 0.15) is 17.2 Å². The number of esters is 1. The summed E-state index contributed by atoms with van der Waals surface area (Å²) in [6.07, 6.45) is 1.58. The lowest BCUT2D eigenvalue weighted by atomic mass is 10.2. The molecule has 27 heavy (non-hydrogen) atoms. The van der Waals surface area contributed by atoms with E-state index in [0.29, 0.717) is 12.4 Å². The van der Waals surface area contributed by atoms with Gasteiger partial charge in [-0.3, -0.25) is 9.69 Å². The van der Waals surface area contributed by atoms with Crippen molar-refractivity contribution in [2.45, 2.75) is 13.5 Å². The van der Waals surface area contributed by atoms with Gasteiger partial charge in [0.15, 0.2) is 0 Å². The zero-order valence-electron chi connectivity index (χ0n) is 14.9. The molecule has 1 fully saturated rings. The van der Waals surface area contributed by atoms with Crippen molar-refractivity contribution in [1.29, 1.82) is 0 Å². The second kappa shape index (κ2) is 7.77. The van der Waals surface area contributed by atoms with Crippen molar-refractivity contribution in [1.82, 2.24) is 10.2 Å². The van der Waals surface area contributed by atoms with Crippen molar-refractivity contribution in [2.75, 3.05) is 13.7 Å². The molecule has 2 aromatic rings. The van der Waals surface area contributed by atoms with Crippen LogP contribution in [0.4, 0.5) is 4.79 Å². The van der Waals surface area contributed by atoms with Crippen LogP contribution in [0.3, 0.4) is 0 Å². The molecule has 3 amide bonds. The Kier molecular flexibility index (Phi) is 5.25. The van der Waals surface area contributed by atoms with Crippen molar-refractivity contribution in [3.8, 4) is 5.75 Å². The molecule has 3 rings (SSSR count). The first-order chi connectivity index (χ1) is 13.0. The summed E-state index contributed by atoms with van der Waals surface area (Å²) >= 11 is 0. The Morgan fingerprint density at radius 3 is 2.59 bits per heavy atom. The Morgan fingerprint density at radius 1 is 1.19 bits per heavy atom. The third-order valence-corrected chi connectivity index (χ3v) is 3.83. The molecule has 2 heterocycles. The average Bonchev–Trinajstić information content (AvgIpc) is 3.24. The molecule has 8 nitrogen and oxygen atoms in total. The van der Waals surface area contributed by atoms with Crippen LogP contribution in [-0.2, 0) is 16.1 Å². The summed E-state index contributed by atoms with van der Waals surface area (Å²) in [5.41, 5.74) is 0.902. The molecule has 0 saturated carbocycles. The fourth-order valence-corrected chi connectivity index (χ4v) is 2.54. The zero-order chi connectivity index (χ0) is 19.4. The number of carbonyl (C=O) groups excluding carboxylic acids is 3. The van der Waals surface area contributed by atoms with E-state index in [9.17, 15) is 14.4 Å². The van der Waals surface area contributed by atoms with Gasteiger partial charge in [0.25, 0.3) is 5.91 Å². The van der Waals surface area contributed by atoms with E-state index < -0.39 is 17.9 Å². The second-order valence-corrected chi connectivity index (χ2v) is 5.64. The van der Waals surface area contributed by atoms with Gasteiger partial charge >= 0.3 is 12.0 Å². The molecule has 1 aliphatic heterocycles. The van der Waals surface area contributed by atoms with Gasteiger partial charge in [0, 0.05) is 0 Å². The summed E-state index contributed by atoms with van der Waals surface area (Å²) in [5.74, 6) is -0.0901. The highest BCUT2D eigenvalue weighted by Crippen LogP contribution is 2.20. The van der Waals surface area contributed by atoms with Crippen LogP contribution >= 0.6 is 0 Å². The van der Waals surface area contributed by atoms with Crippen LogP contribution < -0.4 is 10.1 Å². The summed E-state index contributed by atoms with van der Waals surface area (Å²) in [6, 6.07) is 9.52. The summed E-state index contributed by atoms with van der Waals surface area (Å²) in [5, 5.41) is 2.54. The molecule has 8 heteroatoms. The van der Waals surface area contributed by atoms with Crippen LogP contribution in [0.2, 0.25) is 0 Å². The minimum absolute atomic E-state index is 0.00436. The first-order valence-electron chi connectivity index (χ1n) is 8.26. The number of furan rings is 1. The fourth-order valence-electron chi connectivity index (χ4n) is 2.54. The number of urea groups is 1. The molecule has 0 atom stereocenters. The van der Waals surface area contributed by atoms with E-state index in [1.165, 1.54) is 19.2 Å². The van der Waals surface area contributed by atoms with Crippen LogP contribution in [0.15, 0.2) is 46.5 Å². The highest BCUT2D eigenvalue weighted by molar-refractivity contribution is 6.13. The van der Waals surface area contributed by atoms with Gasteiger partial charge < -0.3 is 19.2 Å². The van der Waals surface area contributed by atoms with Gasteiger partial charge in [-0.05, 0) is 42.8 Å². The maximum absolute atomic E-state index is 12.5. The number of nitrogens with zero attached hydrogens (tertiary/aromatic N) is 1. The van der Waals surface area contributed by atoms with Crippen molar-refractivity contribution in [2.24, 2.45) is 0 Å². The molecule has 0 aliphatic carbocycles. The highest BCUT2D eigenvalue weighted by Gasteiger charge is 2.34. The van der Waals surface area contributed by atoms with Gasteiger partial charge in [-0.25, -0.2) is 9.59 Å². The highest BCUT2D eigenvalue weighted by atomic mass is 16.5. The molecular weight excluding hydrogens is 352 g/mol. The van der Waals surface area contributed by atoms with Crippen LogP contribution in [0.5, 0.6) is 5.75 Å². The standard InChI is InChI=1S/C19H18N2O6/c1-3-26-13-6-4-12(5-7-13)10-15-17(22)21(19(24)20-15)11-14-8-9-16(27-14)18(23)25-2/h4-10H,3,11H2,1-2H3,(H,20,24). The first-order valence-corrected chi connectivity index (χ1v) is 8.26. The fraction of sp³-hybridized carbons (Fsp3) is 0.211. The minimum Gasteiger partial charge on any atom is -0.494 e. The number of hydrogen-bond acceptors (Lipinski definition) is 6. The van der Waals surface area contributed by atoms with Crippen molar-refractivity contribution in [3.05, 3.63) is 59.2 Å². The number of methoxy groups -OCH3 is 1. The number of nitrogens with one attached hydrogen (secondary N) is 1. The Balaban J connectivity index is 1.72. The van der Waals surface area contributed by atoms with Gasteiger partial charge in [-0.2, -0.15) is 0 Å². The molecular formula is C19H18N2O6. The van der Waals surface area contributed by atoms with Gasteiger partial charge in [-0.15, -0.1) is 0 Å². The molecule has 1 aromatic carbocycles. The smallest absolute Gasteiger partial charge is 0.373 e. The molecule has 140 valence electrons. The normalized spacial score (nSPS) is 15.2. The summed E-state index contributed by atoms with van der Waals surface area (Å²) in [4.78, 5) is 37.1. The van der Waals surface area contributed by atoms with Crippen LogP contribution in [0, 0.1) is 0 Å². The molecule has 0 bridgehead atoms. The molecule has 1 saturated heterocycles. The molecule has 1 N–H and O–H groups in total. The van der Waals surface area contributed by atoms with Gasteiger partial charge in [0.05, 0.1) is 20.3 Å². The van der Waals surface area contributed by atoms with Crippen LogP contribution in [0.25, 0.3) is 6.08 Å². The number of carbonyl (C=O) groups is 3. The van der Waals surface area contributed by atoms with E-state index in [0.717, 1.165) is 16.2 Å². The Bertz CT molecular complexity index is 897. The number of rotatable bonds is 6. The Labute approximate surface area is 155 Å². The predicted molar refractivity (Wildman–Crippen MR) is 94.7 cm³/mol. The average molecular weight is 370 g/mol. The van der Waals surface area contributed by atoms with Gasteiger partial charge in [-0.1, -0.05) is 12.1 Å². The third-order valence-electron chi connectivity index (χ3n) is 3.83. The van der Waals surface area contributed by atoms with E-state index in [-0.39, 0.29) is 18.0 Å². The molecule has 0 spiro atoms.